The number of thioether (sulfide) groups is 1. The third-order valence-corrected chi connectivity index (χ3v) is 8.65. The smallest absolute Gasteiger partial charge is 0.272 e. The minimum absolute atomic E-state index is 0.0609. The second kappa shape index (κ2) is 9.99. The second-order valence-electron chi connectivity index (χ2n) is 8.87. The number of fused-ring (bicyclic) bond motifs is 3. The number of rotatable bonds is 7. The molecule has 0 unspecified atom stereocenters. The van der Waals surface area contributed by atoms with Crippen LogP contribution in [0.25, 0.3) is 20.4 Å². The van der Waals surface area contributed by atoms with E-state index >= 15 is 0 Å². The lowest BCUT2D eigenvalue weighted by atomic mass is 10.2. The van der Waals surface area contributed by atoms with Crippen LogP contribution in [0.4, 0.5) is 5.69 Å². The van der Waals surface area contributed by atoms with Gasteiger partial charge in [-0.2, -0.15) is 0 Å². The zero-order chi connectivity index (χ0) is 25.4. The number of aromatic nitrogens is 3. The third-order valence-electron chi connectivity index (χ3n) is 6.51. The van der Waals surface area contributed by atoms with Gasteiger partial charge in [-0.1, -0.05) is 36.0 Å². The molecule has 3 aromatic heterocycles. The van der Waals surface area contributed by atoms with E-state index in [2.05, 4.69) is 4.98 Å². The first kappa shape index (κ1) is 23.7. The summed E-state index contributed by atoms with van der Waals surface area (Å²) in [6.45, 7) is 1.18. The van der Waals surface area contributed by atoms with E-state index < -0.39 is 0 Å². The maximum Gasteiger partial charge on any atom is 0.272 e. The van der Waals surface area contributed by atoms with Crippen molar-refractivity contribution in [1.82, 2.24) is 14.5 Å². The normalized spacial score (nSPS) is 13.6. The molecule has 2 aromatic carbocycles. The average Bonchev–Trinajstić information content (AvgIpc) is 3.53. The zero-order valence-electron chi connectivity index (χ0n) is 20.2. The van der Waals surface area contributed by atoms with Crippen LogP contribution in [0.1, 0.15) is 24.0 Å². The number of pyridine rings is 1. The van der Waals surface area contributed by atoms with Gasteiger partial charge < -0.3 is 9.64 Å². The zero-order valence-corrected chi connectivity index (χ0v) is 21.8. The minimum Gasteiger partial charge on any atom is -0.497 e. The van der Waals surface area contributed by atoms with Gasteiger partial charge >= 0.3 is 0 Å². The maximum absolute atomic E-state index is 13.7. The van der Waals surface area contributed by atoms with Crippen molar-refractivity contribution in [2.75, 3.05) is 18.6 Å². The number of thiophene rings is 1. The highest BCUT2D eigenvalue weighted by molar-refractivity contribution is 7.98. The number of carbonyl (C=O) groups is 1. The standard InChI is InChI=1S/C28H24N4O3S2/c1-35-21-12-8-18(9-13-21)16-32-27(34)25-24(22-4-2-14-29-26(22)37-25)30-28(32)36-17-19-6-10-20(11-7-19)31-15-3-5-23(31)33/h2,4,6-14H,3,5,15-17H2,1H3. The van der Waals surface area contributed by atoms with Gasteiger partial charge in [0, 0.05) is 36.0 Å². The van der Waals surface area contributed by atoms with E-state index in [4.69, 9.17) is 9.72 Å². The summed E-state index contributed by atoms with van der Waals surface area (Å²) < 4.78 is 7.65. The maximum atomic E-state index is 13.7. The van der Waals surface area contributed by atoms with Crippen LogP contribution in [0.2, 0.25) is 0 Å². The molecule has 1 saturated heterocycles. The highest BCUT2D eigenvalue weighted by Crippen LogP contribution is 2.32. The van der Waals surface area contributed by atoms with Crippen molar-refractivity contribution in [2.45, 2.75) is 30.3 Å². The highest BCUT2D eigenvalue weighted by atomic mass is 32.2. The van der Waals surface area contributed by atoms with Gasteiger partial charge in [-0.3, -0.25) is 14.2 Å². The summed E-state index contributed by atoms with van der Waals surface area (Å²) in [6.07, 6.45) is 3.26. The predicted molar refractivity (Wildman–Crippen MR) is 149 cm³/mol. The van der Waals surface area contributed by atoms with Gasteiger partial charge in [0.05, 0.1) is 19.2 Å². The first-order valence-corrected chi connectivity index (χ1v) is 13.8. The quantitative estimate of drug-likeness (QED) is 0.206. The Balaban J connectivity index is 1.34. The Morgan fingerprint density at radius 3 is 2.54 bits per heavy atom. The number of nitrogens with zero attached hydrogens (tertiary/aromatic N) is 4. The summed E-state index contributed by atoms with van der Waals surface area (Å²) in [5.74, 6) is 1.60. The van der Waals surface area contributed by atoms with E-state index in [1.807, 2.05) is 65.6 Å². The Morgan fingerprint density at radius 2 is 1.81 bits per heavy atom. The molecule has 0 aliphatic carbocycles. The van der Waals surface area contributed by atoms with Crippen LogP contribution in [0.3, 0.4) is 0 Å². The topological polar surface area (TPSA) is 77.3 Å². The molecule has 6 rings (SSSR count). The Kier molecular flexibility index (Phi) is 6.40. The summed E-state index contributed by atoms with van der Waals surface area (Å²) in [6, 6.07) is 19.7. The van der Waals surface area contributed by atoms with Gasteiger partial charge in [0.2, 0.25) is 5.91 Å². The molecule has 0 spiro atoms. The molecule has 1 aliphatic heterocycles. The van der Waals surface area contributed by atoms with E-state index in [9.17, 15) is 9.59 Å². The molecule has 4 heterocycles. The molecule has 5 aromatic rings. The summed E-state index contributed by atoms with van der Waals surface area (Å²) >= 11 is 2.93. The molecule has 0 N–H and O–H groups in total. The number of benzene rings is 2. The van der Waals surface area contributed by atoms with Crippen molar-refractivity contribution >= 4 is 55.1 Å². The van der Waals surface area contributed by atoms with Gasteiger partial charge in [0.1, 0.15) is 15.3 Å². The van der Waals surface area contributed by atoms with Crippen LogP contribution in [-0.2, 0) is 17.1 Å². The first-order chi connectivity index (χ1) is 18.1. The van der Waals surface area contributed by atoms with Gasteiger partial charge in [0.25, 0.3) is 5.56 Å². The van der Waals surface area contributed by atoms with Crippen LogP contribution in [-0.4, -0.2) is 34.1 Å². The van der Waals surface area contributed by atoms with E-state index in [0.717, 1.165) is 45.7 Å². The minimum atomic E-state index is -0.0609. The summed E-state index contributed by atoms with van der Waals surface area (Å²) in [5.41, 5.74) is 3.67. The fraction of sp³-hybridized carbons (Fsp3) is 0.214. The molecule has 9 heteroatoms. The van der Waals surface area contributed by atoms with Crippen molar-refractivity contribution in [3.63, 3.8) is 0 Å². The van der Waals surface area contributed by atoms with Gasteiger partial charge in [-0.05, 0) is 53.9 Å². The monoisotopic (exact) mass is 528 g/mol. The van der Waals surface area contributed by atoms with Crippen molar-refractivity contribution in [3.05, 3.63) is 88.3 Å². The van der Waals surface area contributed by atoms with Gasteiger partial charge in [-0.25, -0.2) is 9.97 Å². The van der Waals surface area contributed by atoms with Crippen LogP contribution in [0, 0.1) is 0 Å². The lowest BCUT2D eigenvalue weighted by Gasteiger charge is -2.16. The van der Waals surface area contributed by atoms with Crippen LogP contribution < -0.4 is 15.2 Å². The van der Waals surface area contributed by atoms with Crippen LogP contribution in [0.15, 0.2) is 76.8 Å². The molecule has 1 amide bonds. The lowest BCUT2D eigenvalue weighted by Crippen LogP contribution is -2.23. The van der Waals surface area contributed by atoms with Crippen molar-refractivity contribution in [2.24, 2.45) is 0 Å². The Labute approximate surface area is 221 Å². The van der Waals surface area contributed by atoms with Gasteiger partial charge in [0.15, 0.2) is 5.16 Å². The summed E-state index contributed by atoms with van der Waals surface area (Å²) in [5, 5.41) is 1.56. The molecular formula is C28H24N4O3S2. The first-order valence-electron chi connectivity index (χ1n) is 12.0. The average molecular weight is 529 g/mol. The molecular weight excluding hydrogens is 504 g/mol. The van der Waals surface area contributed by atoms with Crippen molar-refractivity contribution in [1.29, 1.82) is 0 Å². The van der Waals surface area contributed by atoms with Crippen LogP contribution in [0.5, 0.6) is 5.75 Å². The molecule has 1 fully saturated rings. The van der Waals surface area contributed by atoms with Crippen molar-refractivity contribution in [3.8, 4) is 5.75 Å². The number of hydrogen-bond donors (Lipinski definition) is 0. The Hall–Kier alpha value is -3.69. The number of ether oxygens (including phenoxy) is 1. The predicted octanol–water partition coefficient (Wildman–Crippen LogP) is 5.48. The molecule has 7 nitrogen and oxygen atoms in total. The number of amides is 1. The van der Waals surface area contributed by atoms with Crippen molar-refractivity contribution < 1.29 is 9.53 Å². The Bertz CT molecular complexity index is 1660. The number of carbonyl (C=O) groups excluding carboxylic acids is 1. The van der Waals surface area contributed by atoms with E-state index in [-0.39, 0.29) is 11.5 Å². The summed E-state index contributed by atoms with van der Waals surface area (Å²) in [7, 11) is 1.64. The van der Waals surface area contributed by atoms with E-state index in [1.54, 1.807) is 17.9 Å². The molecule has 0 bridgehead atoms. The lowest BCUT2D eigenvalue weighted by molar-refractivity contribution is -0.117. The largest absolute Gasteiger partial charge is 0.497 e. The summed E-state index contributed by atoms with van der Waals surface area (Å²) in [4.78, 5) is 37.9. The molecule has 186 valence electrons. The highest BCUT2D eigenvalue weighted by Gasteiger charge is 2.21. The number of anilines is 1. The number of hydrogen-bond acceptors (Lipinski definition) is 7. The number of methoxy groups -OCH3 is 1. The molecule has 0 saturated carbocycles. The fourth-order valence-electron chi connectivity index (χ4n) is 4.55. The molecule has 37 heavy (non-hydrogen) atoms. The third kappa shape index (κ3) is 4.60. The van der Waals surface area contributed by atoms with Crippen LogP contribution >= 0.6 is 23.1 Å². The van der Waals surface area contributed by atoms with Gasteiger partial charge in [-0.15, -0.1) is 11.3 Å². The fourth-order valence-corrected chi connectivity index (χ4v) is 6.52. The second-order valence-corrected chi connectivity index (χ2v) is 10.8. The van der Waals surface area contributed by atoms with E-state index in [0.29, 0.717) is 34.1 Å². The molecule has 1 aliphatic rings. The van der Waals surface area contributed by atoms with E-state index in [1.165, 1.54) is 23.1 Å². The molecule has 0 radical (unpaired) electrons. The SMILES string of the molecule is COc1ccc(Cn2c(SCc3ccc(N4CCCC4=O)cc3)nc3c(sc4ncccc43)c2=O)cc1. The molecule has 0 atom stereocenters. The Morgan fingerprint density at radius 1 is 1.03 bits per heavy atom.